The van der Waals surface area contributed by atoms with Crippen molar-refractivity contribution in [1.82, 2.24) is 10.2 Å². The molecule has 1 heterocycles. The summed E-state index contributed by atoms with van der Waals surface area (Å²) >= 11 is 0. The number of hydrogen-bond acceptors (Lipinski definition) is 2. The SMILES string of the molecule is CC1CCCC1C(=O)Nc1cccc(-c2ccn[nH]2)c1. The Morgan fingerprint density at radius 1 is 1.35 bits per heavy atom. The van der Waals surface area contributed by atoms with Crippen molar-refractivity contribution in [2.75, 3.05) is 5.32 Å². The van der Waals surface area contributed by atoms with Gasteiger partial charge in [0.1, 0.15) is 0 Å². The van der Waals surface area contributed by atoms with Crippen LogP contribution in [0.4, 0.5) is 5.69 Å². The van der Waals surface area contributed by atoms with E-state index in [1.54, 1.807) is 6.20 Å². The maximum atomic E-state index is 12.3. The fraction of sp³-hybridized carbons (Fsp3) is 0.375. The van der Waals surface area contributed by atoms with Crippen molar-refractivity contribution in [2.24, 2.45) is 11.8 Å². The Kier molecular flexibility index (Phi) is 3.54. The molecular weight excluding hydrogens is 250 g/mol. The number of hydrogen-bond donors (Lipinski definition) is 2. The Labute approximate surface area is 118 Å². The molecule has 1 amide bonds. The molecule has 104 valence electrons. The third kappa shape index (κ3) is 2.59. The van der Waals surface area contributed by atoms with Crippen LogP contribution in [0.3, 0.4) is 0 Å². The van der Waals surface area contributed by atoms with Crippen LogP contribution in [0.5, 0.6) is 0 Å². The van der Waals surface area contributed by atoms with E-state index in [4.69, 9.17) is 0 Å². The zero-order valence-corrected chi connectivity index (χ0v) is 11.6. The summed E-state index contributed by atoms with van der Waals surface area (Å²) in [5.74, 6) is 0.799. The molecule has 0 aliphatic heterocycles. The van der Waals surface area contributed by atoms with Crippen molar-refractivity contribution in [3.63, 3.8) is 0 Å². The van der Waals surface area contributed by atoms with E-state index in [0.29, 0.717) is 5.92 Å². The Morgan fingerprint density at radius 2 is 2.25 bits per heavy atom. The second-order valence-corrected chi connectivity index (χ2v) is 5.56. The number of H-pyrrole nitrogens is 1. The Balaban J connectivity index is 1.74. The average Bonchev–Trinajstić information content (AvgIpc) is 3.09. The molecule has 0 saturated heterocycles. The van der Waals surface area contributed by atoms with E-state index in [2.05, 4.69) is 22.4 Å². The lowest BCUT2D eigenvalue weighted by Gasteiger charge is -2.15. The van der Waals surface area contributed by atoms with Gasteiger partial charge in [-0.3, -0.25) is 9.89 Å². The van der Waals surface area contributed by atoms with Crippen LogP contribution in [-0.2, 0) is 4.79 Å². The highest BCUT2D eigenvalue weighted by molar-refractivity contribution is 5.93. The molecule has 1 saturated carbocycles. The number of rotatable bonds is 3. The van der Waals surface area contributed by atoms with E-state index in [9.17, 15) is 4.79 Å². The normalized spacial score (nSPS) is 21.9. The van der Waals surface area contributed by atoms with Gasteiger partial charge in [0.25, 0.3) is 0 Å². The minimum absolute atomic E-state index is 0.150. The first-order chi connectivity index (χ1) is 9.74. The second-order valence-electron chi connectivity index (χ2n) is 5.56. The van der Waals surface area contributed by atoms with Crippen molar-refractivity contribution in [3.8, 4) is 11.3 Å². The van der Waals surface area contributed by atoms with E-state index in [-0.39, 0.29) is 11.8 Å². The van der Waals surface area contributed by atoms with Gasteiger partial charge in [0.05, 0.1) is 5.69 Å². The lowest BCUT2D eigenvalue weighted by molar-refractivity contribution is -0.120. The van der Waals surface area contributed by atoms with Crippen LogP contribution in [-0.4, -0.2) is 16.1 Å². The zero-order chi connectivity index (χ0) is 13.9. The molecule has 1 aliphatic rings. The predicted molar refractivity (Wildman–Crippen MR) is 79.2 cm³/mol. The fourth-order valence-corrected chi connectivity index (χ4v) is 2.95. The quantitative estimate of drug-likeness (QED) is 0.896. The number of amides is 1. The van der Waals surface area contributed by atoms with Crippen molar-refractivity contribution in [3.05, 3.63) is 36.5 Å². The number of aromatic amines is 1. The number of anilines is 1. The van der Waals surface area contributed by atoms with E-state index in [1.165, 1.54) is 0 Å². The van der Waals surface area contributed by atoms with Crippen molar-refractivity contribution < 1.29 is 4.79 Å². The molecule has 0 radical (unpaired) electrons. The largest absolute Gasteiger partial charge is 0.326 e. The minimum Gasteiger partial charge on any atom is -0.326 e. The summed E-state index contributed by atoms with van der Waals surface area (Å²) in [6.45, 7) is 2.16. The van der Waals surface area contributed by atoms with Gasteiger partial charge in [0.2, 0.25) is 5.91 Å². The van der Waals surface area contributed by atoms with Gasteiger partial charge in [-0.25, -0.2) is 0 Å². The maximum absolute atomic E-state index is 12.3. The lowest BCUT2D eigenvalue weighted by Crippen LogP contribution is -2.24. The highest BCUT2D eigenvalue weighted by atomic mass is 16.1. The first kappa shape index (κ1) is 12.9. The van der Waals surface area contributed by atoms with E-state index >= 15 is 0 Å². The van der Waals surface area contributed by atoms with Crippen LogP contribution >= 0.6 is 0 Å². The molecule has 4 heteroatoms. The number of nitrogens with zero attached hydrogens (tertiary/aromatic N) is 1. The highest BCUT2D eigenvalue weighted by Gasteiger charge is 2.29. The number of aromatic nitrogens is 2. The van der Waals surface area contributed by atoms with Gasteiger partial charge in [0.15, 0.2) is 0 Å². The van der Waals surface area contributed by atoms with Crippen LogP contribution in [0, 0.1) is 11.8 Å². The summed E-state index contributed by atoms with van der Waals surface area (Å²) in [5, 5.41) is 9.93. The predicted octanol–water partition coefficient (Wildman–Crippen LogP) is 3.45. The van der Waals surface area contributed by atoms with Gasteiger partial charge < -0.3 is 5.32 Å². The molecule has 2 aromatic rings. The summed E-state index contributed by atoms with van der Waals surface area (Å²) in [6, 6.07) is 9.77. The van der Waals surface area contributed by atoms with E-state index < -0.39 is 0 Å². The smallest absolute Gasteiger partial charge is 0.227 e. The molecule has 1 aromatic heterocycles. The van der Waals surface area contributed by atoms with Gasteiger partial charge >= 0.3 is 0 Å². The molecule has 1 aromatic carbocycles. The summed E-state index contributed by atoms with van der Waals surface area (Å²) in [7, 11) is 0. The van der Waals surface area contributed by atoms with E-state index in [1.807, 2.05) is 30.3 Å². The van der Waals surface area contributed by atoms with Crippen LogP contribution in [0.15, 0.2) is 36.5 Å². The molecule has 2 unspecified atom stereocenters. The average molecular weight is 269 g/mol. The van der Waals surface area contributed by atoms with Gasteiger partial charge in [-0.15, -0.1) is 0 Å². The lowest BCUT2D eigenvalue weighted by atomic mass is 9.97. The summed E-state index contributed by atoms with van der Waals surface area (Å²) in [4.78, 5) is 12.3. The second kappa shape index (κ2) is 5.49. The Bertz CT molecular complexity index is 592. The third-order valence-corrected chi connectivity index (χ3v) is 4.14. The van der Waals surface area contributed by atoms with E-state index in [0.717, 1.165) is 36.2 Å². The fourth-order valence-electron chi connectivity index (χ4n) is 2.95. The zero-order valence-electron chi connectivity index (χ0n) is 11.6. The number of nitrogens with one attached hydrogen (secondary N) is 2. The first-order valence-electron chi connectivity index (χ1n) is 7.15. The van der Waals surface area contributed by atoms with Crippen molar-refractivity contribution in [1.29, 1.82) is 0 Å². The molecule has 2 N–H and O–H groups in total. The summed E-state index contributed by atoms with van der Waals surface area (Å²) < 4.78 is 0. The maximum Gasteiger partial charge on any atom is 0.227 e. The van der Waals surface area contributed by atoms with Crippen molar-refractivity contribution >= 4 is 11.6 Å². The van der Waals surface area contributed by atoms with Gasteiger partial charge in [-0.2, -0.15) is 5.10 Å². The monoisotopic (exact) mass is 269 g/mol. The highest BCUT2D eigenvalue weighted by Crippen LogP contribution is 2.32. The standard InChI is InChI=1S/C16H19N3O/c1-11-4-2-7-14(11)16(20)18-13-6-3-5-12(10-13)15-8-9-17-19-15/h3,5-6,8-11,14H,2,4,7H2,1H3,(H,17,19)(H,18,20). The van der Waals surface area contributed by atoms with Gasteiger partial charge in [-0.05, 0) is 37.0 Å². The minimum atomic E-state index is 0.150. The summed E-state index contributed by atoms with van der Waals surface area (Å²) in [5.41, 5.74) is 2.83. The van der Waals surface area contributed by atoms with Gasteiger partial charge in [0, 0.05) is 23.4 Å². The molecule has 3 rings (SSSR count). The third-order valence-electron chi connectivity index (χ3n) is 4.14. The molecule has 2 atom stereocenters. The first-order valence-corrected chi connectivity index (χ1v) is 7.15. The molecule has 4 nitrogen and oxygen atoms in total. The number of carbonyl (C=O) groups excluding carboxylic acids is 1. The molecule has 20 heavy (non-hydrogen) atoms. The topological polar surface area (TPSA) is 57.8 Å². The van der Waals surface area contributed by atoms with Crippen LogP contribution in [0.25, 0.3) is 11.3 Å². The van der Waals surface area contributed by atoms with Gasteiger partial charge in [-0.1, -0.05) is 25.5 Å². The molecule has 1 fully saturated rings. The Hall–Kier alpha value is -2.10. The number of carbonyl (C=O) groups is 1. The molecular formula is C16H19N3O. The Morgan fingerprint density at radius 3 is 2.95 bits per heavy atom. The molecule has 0 spiro atoms. The molecule has 0 bridgehead atoms. The van der Waals surface area contributed by atoms with Crippen LogP contribution in [0.1, 0.15) is 26.2 Å². The number of benzene rings is 1. The molecule has 1 aliphatic carbocycles. The van der Waals surface area contributed by atoms with Crippen LogP contribution in [0.2, 0.25) is 0 Å². The van der Waals surface area contributed by atoms with Crippen LogP contribution < -0.4 is 5.32 Å². The van der Waals surface area contributed by atoms with Crippen molar-refractivity contribution in [2.45, 2.75) is 26.2 Å². The summed E-state index contributed by atoms with van der Waals surface area (Å²) in [6.07, 6.45) is 5.05.